The molecule has 1 aromatic rings. The van der Waals surface area contributed by atoms with Crippen molar-refractivity contribution in [3.63, 3.8) is 0 Å². The molecule has 0 amide bonds. The summed E-state index contributed by atoms with van der Waals surface area (Å²) in [6.07, 6.45) is 11.7. The zero-order valence-corrected chi connectivity index (χ0v) is 16.0. The molecule has 0 saturated carbocycles. The molecule has 0 N–H and O–H groups in total. The summed E-state index contributed by atoms with van der Waals surface area (Å²) < 4.78 is 10.3. The van der Waals surface area contributed by atoms with Gasteiger partial charge in [-0.15, -0.1) is 0 Å². The number of hydrogen-bond donors (Lipinski definition) is 0. The number of carbonyl (C=O) groups is 2. The van der Waals surface area contributed by atoms with Crippen LogP contribution in [0.5, 0.6) is 0 Å². The highest BCUT2D eigenvalue weighted by molar-refractivity contribution is 5.72. The quantitative estimate of drug-likeness (QED) is 0.333. The van der Waals surface area contributed by atoms with Crippen molar-refractivity contribution in [3.05, 3.63) is 42.0 Å². The van der Waals surface area contributed by atoms with E-state index < -0.39 is 0 Å². The first-order chi connectivity index (χ1) is 12.7. The summed E-state index contributed by atoms with van der Waals surface area (Å²) in [5.74, 6) is -0.512. The Bertz CT molecular complexity index is 522. The van der Waals surface area contributed by atoms with Gasteiger partial charge in [-0.2, -0.15) is 0 Å². The second kappa shape index (κ2) is 15.2. The van der Waals surface area contributed by atoms with Gasteiger partial charge in [0.15, 0.2) is 0 Å². The van der Waals surface area contributed by atoms with Gasteiger partial charge < -0.3 is 9.47 Å². The van der Waals surface area contributed by atoms with Crippen LogP contribution in [0, 0.1) is 0 Å². The van der Waals surface area contributed by atoms with Crippen molar-refractivity contribution in [3.8, 4) is 0 Å². The fraction of sp³-hybridized carbons (Fsp3) is 0.545. The average molecular weight is 360 g/mol. The van der Waals surface area contributed by atoms with Gasteiger partial charge in [-0.3, -0.25) is 9.59 Å². The van der Waals surface area contributed by atoms with E-state index in [1.54, 1.807) is 0 Å². The number of benzene rings is 1. The summed E-state index contributed by atoms with van der Waals surface area (Å²) in [6.45, 7) is 2.93. The normalized spacial score (nSPS) is 10.8. The Hall–Kier alpha value is -2.10. The molecule has 1 aromatic carbocycles. The highest BCUT2D eigenvalue weighted by Crippen LogP contribution is 2.06. The highest BCUT2D eigenvalue weighted by atomic mass is 16.5. The molecule has 0 atom stereocenters. The van der Waals surface area contributed by atoms with Crippen LogP contribution in [-0.4, -0.2) is 25.2 Å². The van der Waals surface area contributed by atoms with E-state index in [0.29, 0.717) is 13.0 Å². The lowest BCUT2D eigenvalue weighted by molar-refractivity contribution is -0.145. The van der Waals surface area contributed by atoms with Crippen molar-refractivity contribution in [2.45, 2.75) is 64.7 Å². The molecule has 0 fully saturated rings. The minimum absolute atomic E-state index is 0.227. The molecule has 26 heavy (non-hydrogen) atoms. The topological polar surface area (TPSA) is 52.6 Å². The number of unbranched alkanes of at least 4 members (excludes halogenated alkanes) is 5. The summed E-state index contributed by atoms with van der Waals surface area (Å²) in [7, 11) is 0. The van der Waals surface area contributed by atoms with E-state index >= 15 is 0 Å². The third-order valence-electron chi connectivity index (χ3n) is 3.97. The van der Waals surface area contributed by atoms with E-state index in [1.165, 1.54) is 25.7 Å². The zero-order valence-electron chi connectivity index (χ0n) is 16.0. The molecule has 0 spiro atoms. The maximum absolute atomic E-state index is 11.6. The van der Waals surface area contributed by atoms with Crippen molar-refractivity contribution in [1.29, 1.82) is 0 Å². The van der Waals surface area contributed by atoms with Gasteiger partial charge in [-0.25, -0.2) is 0 Å². The second-order valence-corrected chi connectivity index (χ2v) is 6.34. The molecule has 144 valence electrons. The third kappa shape index (κ3) is 12.3. The Labute approximate surface area is 157 Å². The van der Waals surface area contributed by atoms with Gasteiger partial charge in [-0.05, 0) is 24.5 Å². The molecule has 0 radical (unpaired) electrons. The van der Waals surface area contributed by atoms with Crippen molar-refractivity contribution < 1.29 is 19.1 Å². The smallest absolute Gasteiger partial charge is 0.306 e. The lowest BCUT2D eigenvalue weighted by Gasteiger charge is -2.05. The first-order valence-corrected chi connectivity index (χ1v) is 9.75. The molecule has 0 bridgehead atoms. The fourth-order valence-corrected chi connectivity index (χ4v) is 2.48. The Kier molecular flexibility index (Phi) is 12.8. The van der Waals surface area contributed by atoms with E-state index in [-0.39, 0.29) is 31.4 Å². The van der Waals surface area contributed by atoms with E-state index in [2.05, 4.69) is 6.92 Å². The molecule has 1 rings (SSSR count). The predicted octanol–water partition coefficient (Wildman–Crippen LogP) is 5.32. The van der Waals surface area contributed by atoms with Crippen LogP contribution < -0.4 is 0 Å². The average Bonchev–Trinajstić information content (AvgIpc) is 2.65. The Morgan fingerprint density at radius 2 is 1.50 bits per heavy atom. The maximum Gasteiger partial charge on any atom is 0.306 e. The van der Waals surface area contributed by atoms with Gasteiger partial charge in [0.25, 0.3) is 0 Å². The second-order valence-electron chi connectivity index (χ2n) is 6.34. The van der Waals surface area contributed by atoms with Crippen molar-refractivity contribution >= 4 is 18.0 Å². The summed E-state index contributed by atoms with van der Waals surface area (Å²) in [4.78, 5) is 23.2. The summed E-state index contributed by atoms with van der Waals surface area (Å²) in [5.41, 5.74) is 1.07. The molecular weight excluding hydrogens is 328 g/mol. The first kappa shape index (κ1) is 21.9. The molecule has 0 heterocycles. The summed E-state index contributed by atoms with van der Waals surface area (Å²) in [5, 5.41) is 0. The maximum atomic E-state index is 11.6. The minimum Gasteiger partial charge on any atom is -0.466 e. The monoisotopic (exact) mass is 360 g/mol. The highest BCUT2D eigenvalue weighted by Gasteiger charge is 2.06. The molecule has 0 aliphatic rings. The number of hydrogen-bond acceptors (Lipinski definition) is 4. The van der Waals surface area contributed by atoms with Crippen LogP contribution in [0.3, 0.4) is 0 Å². The van der Waals surface area contributed by atoms with Crippen LogP contribution in [0.15, 0.2) is 36.4 Å². The van der Waals surface area contributed by atoms with Crippen LogP contribution in [0.4, 0.5) is 0 Å². The largest absolute Gasteiger partial charge is 0.466 e. The van der Waals surface area contributed by atoms with Crippen LogP contribution in [0.25, 0.3) is 6.08 Å². The number of rotatable bonds is 14. The fourth-order valence-electron chi connectivity index (χ4n) is 2.48. The van der Waals surface area contributed by atoms with E-state index in [1.807, 2.05) is 42.5 Å². The van der Waals surface area contributed by atoms with Gasteiger partial charge in [0.2, 0.25) is 0 Å². The number of ether oxygens (including phenoxy) is 2. The molecule has 0 aliphatic heterocycles. The summed E-state index contributed by atoms with van der Waals surface area (Å²) >= 11 is 0. The molecule has 0 aliphatic carbocycles. The first-order valence-electron chi connectivity index (χ1n) is 9.75. The van der Waals surface area contributed by atoms with Crippen molar-refractivity contribution in [2.24, 2.45) is 0 Å². The molecule has 0 saturated heterocycles. The van der Waals surface area contributed by atoms with Crippen LogP contribution in [0.2, 0.25) is 0 Å². The Morgan fingerprint density at radius 3 is 2.23 bits per heavy atom. The lowest BCUT2D eigenvalue weighted by atomic mass is 10.1. The van der Waals surface area contributed by atoms with Crippen molar-refractivity contribution in [2.75, 3.05) is 13.2 Å². The van der Waals surface area contributed by atoms with E-state index in [0.717, 1.165) is 18.4 Å². The molecular formula is C22H32O4. The standard InChI is InChI=1S/C22H32O4/c1-2-3-4-5-6-10-18-25-21(23)16-11-17-22(24)26-19-12-15-20-13-8-7-9-14-20/h7-9,12-15H,2-6,10-11,16-19H2,1H3/b15-12+. The van der Waals surface area contributed by atoms with Gasteiger partial charge in [0.1, 0.15) is 6.61 Å². The van der Waals surface area contributed by atoms with Gasteiger partial charge in [0, 0.05) is 12.8 Å². The third-order valence-corrected chi connectivity index (χ3v) is 3.97. The minimum atomic E-state index is -0.286. The van der Waals surface area contributed by atoms with E-state index in [4.69, 9.17) is 9.47 Å². The SMILES string of the molecule is CCCCCCCCOC(=O)CCCC(=O)OC/C=C/c1ccccc1. The van der Waals surface area contributed by atoms with Gasteiger partial charge in [0.05, 0.1) is 6.61 Å². The Balaban J connectivity index is 1.96. The van der Waals surface area contributed by atoms with Crippen LogP contribution in [0.1, 0.15) is 70.3 Å². The van der Waals surface area contributed by atoms with E-state index in [9.17, 15) is 9.59 Å². The van der Waals surface area contributed by atoms with Gasteiger partial charge >= 0.3 is 11.9 Å². The Morgan fingerprint density at radius 1 is 0.846 bits per heavy atom. The number of esters is 2. The lowest BCUT2D eigenvalue weighted by Crippen LogP contribution is -2.08. The zero-order chi connectivity index (χ0) is 18.9. The van der Waals surface area contributed by atoms with Crippen LogP contribution >= 0.6 is 0 Å². The van der Waals surface area contributed by atoms with Crippen LogP contribution in [-0.2, 0) is 19.1 Å². The molecule has 0 aromatic heterocycles. The number of carbonyl (C=O) groups excluding carboxylic acids is 2. The molecule has 0 unspecified atom stereocenters. The van der Waals surface area contributed by atoms with Crippen molar-refractivity contribution in [1.82, 2.24) is 0 Å². The van der Waals surface area contributed by atoms with Gasteiger partial charge in [-0.1, -0.05) is 75.4 Å². The molecule has 4 heteroatoms. The molecule has 4 nitrogen and oxygen atoms in total. The predicted molar refractivity (Wildman–Crippen MR) is 105 cm³/mol. The summed E-state index contributed by atoms with van der Waals surface area (Å²) in [6, 6.07) is 9.83.